The van der Waals surface area contributed by atoms with Crippen LogP contribution in [-0.4, -0.2) is 57.3 Å². The van der Waals surface area contributed by atoms with Crippen LogP contribution in [0.5, 0.6) is 5.88 Å². The molecule has 1 saturated heterocycles. The van der Waals surface area contributed by atoms with E-state index in [0.29, 0.717) is 35.4 Å². The van der Waals surface area contributed by atoms with Crippen LogP contribution in [0, 0.1) is 5.92 Å². The molecule has 3 rings (SSSR count). The third-order valence-electron chi connectivity index (χ3n) is 5.06. The van der Waals surface area contributed by atoms with Gasteiger partial charge in [0.15, 0.2) is 0 Å². The molecule has 0 unspecified atom stereocenters. The number of methoxy groups -OCH3 is 1. The number of fused-ring (bicyclic) bond motifs is 1. The largest absolute Gasteiger partial charge is 0.480 e. The number of rotatable bonds is 7. The van der Waals surface area contributed by atoms with Gasteiger partial charge in [0.25, 0.3) is 12.0 Å². The van der Waals surface area contributed by atoms with Crippen molar-refractivity contribution in [2.24, 2.45) is 5.92 Å². The van der Waals surface area contributed by atoms with Gasteiger partial charge in [-0.15, -0.1) is 0 Å². The highest BCUT2D eigenvalue weighted by molar-refractivity contribution is 7.51. The number of anilines is 1. The number of alkyl halides is 2. The smallest absolute Gasteiger partial charge is 0.325 e. The number of ether oxygens (including phenoxy) is 1. The van der Waals surface area contributed by atoms with Crippen LogP contribution in [-0.2, 0) is 11.1 Å². The van der Waals surface area contributed by atoms with Crippen molar-refractivity contribution in [1.29, 1.82) is 0 Å². The van der Waals surface area contributed by atoms with E-state index in [0.717, 1.165) is 12.8 Å². The van der Waals surface area contributed by atoms with Crippen molar-refractivity contribution in [3.8, 4) is 5.88 Å². The standard InChI is InChI=1S/C17H23F2N4O5P/c1-28-16-15-12(9-20-23(17(15)24)10-13(18)19)8-14(21-16)22-5-2-11(3-6-22)4-7-29(25,26)27/h8-9,11,13H,2-7,10H2,1H3,(H2,25,26,27). The Balaban J connectivity index is 1.81. The molecule has 3 heterocycles. The predicted octanol–water partition coefficient (Wildman–Crippen LogP) is 1.85. The van der Waals surface area contributed by atoms with E-state index < -0.39 is 26.1 Å². The van der Waals surface area contributed by atoms with E-state index in [-0.39, 0.29) is 23.3 Å². The van der Waals surface area contributed by atoms with Gasteiger partial charge in [-0.1, -0.05) is 0 Å². The van der Waals surface area contributed by atoms with E-state index in [1.54, 1.807) is 6.07 Å². The van der Waals surface area contributed by atoms with Gasteiger partial charge in [-0.2, -0.15) is 10.1 Å². The van der Waals surface area contributed by atoms with Crippen LogP contribution in [0.15, 0.2) is 17.1 Å². The molecule has 2 aromatic rings. The molecule has 0 radical (unpaired) electrons. The zero-order valence-electron chi connectivity index (χ0n) is 15.9. The van der Waals surface area contributed by atoms with Crippen LogP contribution in [0.1, 0.15) is 19.3 Å². The van der Waals surface area contributed by atoms with Crippen molar-refractivity contribution in [3.63, 3.8) is 0 Å². The van der Waals surface area contributed by atoms with Crippen LogP contribution >= 0.6 is 7.60 Å². The van der Waals surface area contributed by atoms with Crippen LogP contribution in [0.25, 0.3) is 10.8 Å². The minimum absolute atomic E-state index is 0.0524. The topological polar surface area (TPSA) is 118 Å². The lowest BCUT2D eigenvalue weighted by molar-refractivity contribution is 0.120. The van der Waals surface area contributed by atoms with Gasteiger partial charge in [0, 0.05) is 18.5 Å². The van der Waals surface area contributed by atoms with E-state index in [2.05, 4.69) is 10.1 Å². The molecular weight excluding hydrogens is 409 g/mol. The highest BCUT2D eigenvalue weighted by Gasteiger charge is 2.24. The average molecular weight is 432 g/mol. The second-order valence-corrected chi connectivity index (χ2v) is 8.86. The van der Waals surface area contributed by atoms with Crippen LogP contribution in [0.4, 0.5) is 14.6 Å². The minimum Gasteiger partial charge on any atom is -0.480 e. The summed E-state index contributed by atoms with van der Waals surface area (Å²) in [4.78, 5) is 36.9. The summed E-state index contributed by atoms with van der Waals surface area (Å²) in [6.07, 6.45) is 0.519. The third kappa shape index (κ3) is 5.29. The molecule has 0 amide bonds. The Kier molecular flexibility index (Phi) is 6.50. The second-order valence-electron chi connectivity index (χ2n) is 7.08. The molecule has 29 heavy (non-hydrogen) atoms. The van der Waals surface area contributed by atoms with Gasteiger partial charge in [0.1, 0.15) is 17.7 Å². The number of hydrogen-bond acceptors (Lipinski definition) is 6. The lowest BCUT2D eigenvalue weighted by Crippen LogP contribution is -2.34. The van der Waals surface area contributed by atoms with Gasteiger partial charge < -0.3 is 19.4 Å². The number of hydrogen-bond donors (Lipinski definition) is 2. The predicted molar refractivity (Wildman–Crippen MR) is 103 cm³/mol. The fourth-order valence-electron chi connectivity index (χ4n) is 3.53. The Morgan fingerprint density at radius 1 is 1.34 bits per heavy atom. The van der Waals surface area contributed by atoms with Crippen molar-refractivity contribution in [2.45, 2.75) is 32.2 Å². The van der Waals surface area contributed by atoms with Gasteiger partial charge in [-0.05, 0) is 31.2 Å². The summed E-state index contributed by atoms with van der Waals surface area (Å²) in [5, 5.41) is 4.37. The fourth-order valence-corrected chi connectivity index (χ4v) is 4.23. The van der Waals surface area contributed by atoms with Crippen molar-refractivity contribution >= 4 is 24.2 Å². The first-order valence-electron chi connectivity index (χ1n) is 9.20. The molecule has 9 nitrogen and oxygen atoms in total. The fraction of sp³-hybridized carbons (Fsp3) is 0.588. The molecule has 0 aromatic carbocycles. The SMILES string of the molecule is COc1nc(N2CCC(CCP(=O)(O)O)CC2)cc2cnn(CC(F)F)c(=O)c12. The Bertz CT molecular complexity index is 972. The Labute approximate surface area is 165 Å². The summed E-state index contributed by atoms with van der Waals surface area (Å²) in [5.41, 5.74) is -0.685. The highest BCUT2D eigenvalue weighted by Crippen LogP contribution is 2.38. The lowest BCUT2D eigenvalue weighted by atomic mass is 9.94. The zero-order chi connectivity index (χ0) is 21.2. The molecule has 0 atom stereocenters. The van der Waals surface area contributed by atoms with Gasteiger partial charge >= 0.3 is 7.60 Å². The van der Waals surface area contributed by atoms with E-state index >= 15 is 0 Å². The monoisotopic (exact) mass is 432 g/mol. The molecule has 1 fully saturated rings. The number of pyridine rings is 1. The molecule has 12 heteroatoms. The number of piperidine rings is 1. The maximum Gasteiger partial charge on any atom is 0.325 e. The number of aromatic nitrogens is 3. The molecule has 0 bridgehead atoms. The average Bonchev–Trinajstić information content (AvgIpc) is 2.67. The summed E-state index contributed by atoms with van der Waals surface area (Å²) in [5.74, 6) is 0.858. The maximum atomic E-state index is 12.6. The van der Waals surface area contributed by atoms with Crippen molar-refractivity contribution in [3.05, 3.63) is 22.6 Å². The summed E-state index contributed by atoms with van der Waals surface area (Å²) in [6.45, 7) is 0.481. The quantitative estimate of drug-likeness (QED) is 0.637. The van der Waals surface area contributed by atoms with Crippen molar-refractivity contribution in [2.75, 3.05) is 31.3 Å². The normalized spacial score (nSPS) is 16.0. The molecule has 160 valence electrons. The Morgan fingerprint density at radius 2 is 2.03 bits per heavy atom. The van der Waals surface area contributed by atoms with Gasteiger partial charge in [0.05, 0.1) is 19.5 Å². The van der Waals surface area contributed by atoms with E-state index in [4.69, 9.17) is 14.5 Å². The van der Waals surface area contributed by atoms with Crippen molar-refractivity contribution in [1.82, 2.24) is 14.8 Å². The summed E-state index contributed by atoms with van der Waals surface area (Å²) in [7, 11) is -2.63. The number of halogens is 2. The molecular formula is C17H23F2N4O5P. The summed E-state index contributed by atoms with van der Waals surface area (Å²) < 4.78 is 42.3. The minimum atomic E-state index is -3.99. The third-order valence-corrected chi connectivity index (χ3v) is 5.90. The van der Waals surface area contributed by atoms with Crippen LogP contribution < -0.4 is 15.2 Å². The molecule has 0 aliphatic carbocycles. The van der Waals surface area contributed by atoms with E-state index in [9.17, 15) is 18.1 Å². The first-order valence-corrected chi connectivity index (χ1v) is 11.0. The molecule has 0 spiro atoms. The van der Waals surface area contributed by atoms with Crippen LogP contribution in [0.3, 0.4) is 0 Å². The maximum absolute atomic E-state index is 12.6. The molecule has 2 N–H and O–H groups in total. The first kappa shape index (κ1) is 21.6. The van der Waals surface area contributed by atoms with Crippen molar-refractivity contribution < 1.29 is 27.9 Å². The Hall–Kier alpha value is -2.10. The number of nitrogens with zero attached hydrogens (tertiary/aromatic N) is 4. The van der Waals surface area contributed by atoms with Gasteiger partial charge in [-0.3, -0.25) is 9.36 Å². The molecule has 0 saturated carbocycles. The van der Waals surface area contributed by atoms with Gasteiger partial charge in [0.2, 0.25) is 5.88 Å². The van der Waals surface area contributed by atoms with E-state index in [1.807, 2.05) is 4.90 Å². The molecule has 1 aliphatic heterocycles. The lowest BCUT2D eigenvalue weighted by Gasteiger charge is -2.33. The first-order chi connectivity index (χ1) is 13.7. The molecule has 1 aliphatic rings. The zero-order valence-corrected chi connectivity index (χ0v) is 16.8. The summed E-state index contributed by atoms with van der Waals surface area (Å²) in [6, 6.07) is 1.68. The second kappa shape index (κ2) is 8.73. The molecule has 2 aromatic heterocycles. The Morgan fingerprint density at radius 3 is 2.62 bits per heavy atom. The highest BCUT2D eigenvalue weighted by atomic mass is 31.2. The van der Waals surface area contributed by atoms with Crippen LogP contribution in [0.2, 0.25) is 0 Å². The van der Waals surface area contributed by atoms with Gasteiger partial charge in [-0.25, -0.2) is 13.5 Å². The van der Waals surface area contributed by atoms with E-state index in [1.165, 1.54) is 13.3 Å². The summed E-state index contributed by atoms with van der Waals surface area (Å²) >= 11 is 0.